The van der Waals surface area contributed by atoms with Gasteiger partial charge in [0.2, 0.25) is 0 Å². The first-order valence-electron chi connectivity index (χ1n) is 10.3. The number of benzene rings is 2. The molecule has 2 aromatic carbocycles. The van der Waals surface area contributed by atoms with Crippen LogP contribution in [0.5, 0.6) is 0 Å². The zero-order valence-corrected chi connectivity index (χ0v) is 18.4. The van der Waals surface area contributed by atoms with Gasteiger partial charge in [0, 0.05) is 31.7 Å². The molecule has 9 heteroatoms. The number of carbonyl (C=O) groups is 1. The zero-order valence-electron chi connectivity index (χ0n) is 17.7. The van der Waals surface area contributed by atoms with E-state index in [9.17, 15) is 22.4 Å². The molecular formula is C25H18ClF4N3O. The van der Waals surface area contributed by atoms with Gasteiger partial charge in [0.05, 0.1) is 22.0 Å². The lowest BCUT2D eigenvalue weighted by Crippen LogP contribution is -2.10. The number of carbonyl (C=O) groups excluding carboxylic acids is 1. The predicted octanol–water partition coefficient (Wildman–Crippen LogP) is 6.23. The van der Waals surface area contributed by atoms with Crippen LogP contribution in [0.25, 0.3) is 11.4 Å². The molecule has 174 valence electrons. The number of aromatic amines is 1. The van der Waals surface area contributed by atoms with Crippen molar-refractivity contribution in [1.29, 1.82) is 0 Å². The lowest BCUT2D eigenvalue weighted by Gasteiger charge is -2.11. The summed E-state index contributed by atoms with van der Waals surface area (Å²) in [5.41, 5.74) is 1.57. The Hall–Kier alpha value is -3.52. The fourth-order valence-corrected chi connectivity index (χ4v) is 3.81. The van der Waals surface area contributed by atoms with Crippen LogP contribution in [0.15, 0.2) is 67.0 Å². The molecule has 4 rings (SSSR count). The van der Waals surface area contributed by atoms with E-state index in [4.69, 9.17) is 11.6 Å². The SMILES string of the molecule is O=C(Cc1ccc(F)c(Cc2nccc(-c3ccc[nH]3)n2)c1)Cc1ccc(Cl)c(C(F)(F)F)c1. The smallest absolute Gasteiger partial charge is 0.360 e. The minimum atomic E-state index is -4.61. The van der Waals surface area contributed by atoms with Gasteiger partial charge >= 0.3 is 6.18 Å². The molecule has 0 radical (unpaired) electrons. The number of nitrogens with one attached hydrogen (secondary N) is 1. The van der Waals surface area contributed by atoms with Crippen molar-refractivity contribution in [3.05, 3.63) is 106 Å². The summed E-state index contributed by atoms with van der Waals surface area (Å²) >= 11 is 5.63. The van der Waals surface area contributed by atoms with Gasteiger partial charge in [-0.15, -0.1) is 0 Å². The maximum atomic E-state index is 14.4. The molecule has 0 aliphatic carbocycles. The van der Waals surface area contributed by atoms with E-state index in [-0.39, 0.29) is 30.6 Å². The van der Waals surface area contributed by atoms with Crippen LogP contribution in [0.4, 0.5) is 17.6 Å². The van der Waals surface area contributed by atoms with Gasteiger partial charge < -0.3 is 4.98 Å². The molecule has 0 fully saturated rings. The molecule has 0 aliphatic heterocycles. The largest absolute Gasteiger partial charge is 0.417 e. The van der Waals surface area contributed by atoms with Crippen LogP contribution >= 0.6 is 11.6 Å². The first kappa shape index (κ1) is 23.6. The van der Waals surface area contributed by atoms with Gasteiger partial charge in [0.15, 0.2) is 0 Å². The summed E-state index contributed by atoms with van der Waals surface area (Å²) in [6.07, 6.45) is -1.39. The summed E-state index contributed by atoms with van der Waals surface area (Å²) < 4.78 is 53.6. The summed E-state index contributed by atoms with van der Waals surface area (Å²) in [6.45, 7) is 0. The molecule has 0 unspecified atom stereocenters. The first-order valence-corrected chi connectivity index (χ1v) is 10.7. The Kier molecular flexibility index (Phi) is 6.79. The number of hydrogen-bond donors (Lipinski definition) is 1. The highest BCUT2D eigenvalue weighted by atomic mass is 35.5. The van der Waals surface area contributed by atoms with Crippen LogP contribution in [-0.4, -0.2) is 20.7 Å². The maximum absolute atomic E-state index is 14.4. The van der Waals surface area contributed by atoms with Crippen molar-refractivity contribution in [2.75, 3.05) is 0 Å². The van der Waals surface area contributed by atoms with Gasteiger partial charge in [-0.05, 0) is 53.1 Å². The molecule has 0 saturated heterocycles. The van der Waals surface area contributed by atoms with Crippen LogP contribution in [0, 0.1) is 5.82 Å². The van der Waals surface area contributed by atoms with Gasteiger partial charge in [-0.1, -0.05) is 29.8 Å². The van der Waals surface area contributed by atoms with Gasteiger partial charge in [0.1, 0.15) is 17.4 Å². The van der Waals surface area contributed by atoms with Gasteiger partial charge in [0.25, 0.3) is 0 Å². The number of nitrogens with zero attached hydrogens (tertiary/aromatic N) is 2. The van der Waals surface area contributed by atoms with E-state index in [1.165, 1.54) is 18.2 Å². The van der Waals surface area contributed by atoms with Crippen molar-refractivity contribution in [3.8, 4) is 11.4 Å². The summed E-state index contributed by atoms with van der Waals surface area (Å²) in [5, 5.41) is -0.422. The van der Waals surface area contributed by atoms with Gasteiger partial charge in [-0.2, -0.15) is 13.2 Å². The van der Waals surface area contributed by atoms with E-state index in [1.807, 2.05) is 12.1 Å². The third kappa shape index (κ3) is 5.69. The average Bonchev–Trinajstić information content (AvgIpc) is 3.32. The Morgan fingerprint density at radius 1 is 1.00 bits per heavy atom. The Morgan fingerprint density at radius 3 is 2.44 bits per heavy atom. The minimum absolute atomic E-state index is 0.0549. The van der Waals surface area contributed by atoms with Crippen molar-refractivity contribution < 1.29 is 22.4 Å². The second-order valence-electron chi connectivity index (χ2n) is 7.75. The van der Waals surface area contributed by atoms with E-state index in [1.54, 1.807) is 24.5 Å². The summed E-state index contributed by atoms with van der Waals surface area (Å²) in [4.78, 5) is 24.2. The van der Waals surface area contributed by atoms with Crippen LogP contribution < -0.4 is 0 Å². The molecular weight excluding hydrogens is 470 g/mol. The molecule has 2 heterocycles. The number of Topliss-reactive ketones (excluding diaryl/α,β-unsaturated/α-hetero) is 1. The number of H-pyrrole nitrogens is 1. The number of alkyl halides is 3. The van der Waals surface area contributed by atoms with E-state index >= 15 is 0 Å². The first-order chi connectivity index (χ1) is 16.2. The Morgan fingerprint density at radius 2 is 1.74 bits per heavy atom. The second kappa shape index (κ2) is 9.77. The lowest BCUT2D eigenvalue weighted by atomic mass is 9.99. The number of halogens is 5. The highest BCUT2D eigenvalue weighted by Gasteiger charge is 2.33. The van der Waals surface area contributed by atoms with Crippen molar-refractivity contribution in [2.45, 2.75) is 25.4 Å². The molecule has 0 bridgehead atoms. The Labute approximate surface area is 197 Å². The topological polar surface area (TPSA) is 58.6 Å². The minimum Gasteiger partial charge on any atom is -0.360 e. The normalized spacial score (nSPS) is 11.6. The fraction of sp³-hybridized carbons (Fsp3) is 0.160. The Bertz CT molecular complexity index is 1320. The maximum Gasteiger partial charge on any atom is 0.417 e. The number of ketones is 1. The van der Waals surface area contributed by atoms with Crippen molar-refractivity contribution in [1.82, 2.24) is 15.0 Å². The predicted molar refractivity (Wildman–Crippen MR) is 120 cm³/mol. The van der Waals surface area contributed by atoms with E-state index < -0.39 is 22.6 Å². The number of aromatic nitrogens is 3. The zero-order chi connectivity index (χ0) is 24.3. The van der Waals surface area contributed by atoms with Crippen LogP contribution in [-0.2, 0) is 30.2 Å². The third-order valence-electron chi connectivity index (χ3n) is 5.18. The van der Waals surface area contributed by atoms with E-state index in [0.29, 0.717) is 22.6 Å². The highest BCUT2D eigenvalue weighted by molar-refractivity contribution is 6.31. The molecule has 4 nitrogen and oxygen atoms in total. The summed E-state index contributed by atoms with van der Waals surface area (Å²) in [6, 6.07) is 13.1. The summed E-state index contributed by atoms with van der Waals surface area (Å²) in [5.74, 6) is -0.356. The average molecular weight is 488 g/mol. The molecule has 4 aromatic rings. The molecule has 0 atom stereocenters. The van der Waals surface area contributed by atoms with Crippen molar-refractivity contribution in [3.63, 3.8) is 0 Å². The molecule has 0 amide bonds. The van der Waals surface area contributed by atoms with Crippen LogP contribution in [0.3, 0.4) is 0 Å². The number of hydrogen-bond acceptors (Lipinski definition) is 3. The monoisotopic (exact) mass is 487 g/mol. The molecule has 0 aliphatic rings. The van der Waals surface area contributed by atoms with Gasteiger partial charge in [-0.3, -0.25) is 4.79 Å². The third-order valence-corrected chi connectivity index (χ3v) is 5.51. The van der Waals surface area contributed by atoms with Crippen LogP contribution in [0.2, 0.25) is 5.02 Å². The van der Waals surface area contributed by atoms with Gasteiger partial charge in [-0.25, -0.2) is 14.4 Å². The highest BCUT2D eigenvalue weighted by Crippen LogP contribution is 2.35. The quantitative estimate of drug-likeness (QED) is 0.314. The van der Waals surface area contributed by atoms with Crippen LogP contribution in [0.1, 0.15) is 28.1 Å². The van der Waals surface area contributed by atoms with Crippen molar-refractivity contribution in [2.24, 2.45) is 0 Å². The molecule has 34 heavy (non-hydrogen) atoms. The lowest BCUT2D eigenvalue weighted by molar-refractivity contribution is -0.137. The molecule has 0 saturated carbocycles. The molecule has 1 N–H and O–H groups in total. The Balaban J connectivity index is 1.48. The fourth-order valence-electron chi connectivity index (χ4n) is 3.59. The van der Waals surface area contributed by atoms with E-state index in [0.717, 1.165) is 17.8 Å². The molecule has 2 aromatic heterocycles. The number of rotatable bonds is 7. The second-order valence-corrected chi connectivity index (χ2v) is 8.16. The van der Waals surface area contributed by atoms with Crippen molar-refractivity contribution >= 4 is 17.4 Å². The molecule has 0 spiro atoms. The van der Waals surface area contributed by atoms with E-state index in [2.05, 4.69) is 15.0 Å². The standard InChI is InChI=1S/C25H18ClF4N3O/c26-20-5-3-16(13-19(20)25(28,29)30)12-18(34)11-15-4-6-21(27)17(10-15)14-24-32-9-7-23(33-24)22-2-1-8-31-22/h1-10,13,31H,11-12,14H2. The summed E-state index contributed by atoms with van der Waals surface area (Å²) in [7, 11) is 0.